The summed E-state index contributed by atoms with van der Waals surface area (Å²) in [6.07, 6.45) is 2.46. The smallest absolute Gasteiger partial charge is 0.133 e. The van der Waals surface area contributed by atoms with Crippen molar-refractivity contribution in [2.75, 3.05) is 6.54 Å². The highest BCUT2D eigenvalue weighted by atomic mass is 35.5. The van der Waals surface area contributed by atoms with Gasteiger partial charge < -0.3 is 9.88 Å². The number of benzene rings is 1. The van der Waals surface area contributed by atoms with Gasteiger partial charge in [0.2, 0.25) is 0 Å². The van der Waals surface area contributed by atoms with Crippen LogP contribution in [0.2, 0.25) is 15.1 Å². The van der Waals surface area contributed by atoms with Gasteiger partial charge in [-0.25, -0.2) is 0 Å². The molecule has 1 aromatic carbocycles. The third-order valence-electron chi connectivity index (χ3n) is 2.77. The predicted octanol–water partition coefficient (Wildman–Crippen LogP) is 3.11. The number of hydrogen-bond acceptors (Lipinski definition) is 3. The first-order valence-electron chi connectivity index (χ1n) is 5.75. The maximum absolute atomic E-state index is 6.12. The lowest BCUT2D eigenvalue weighted by atomic mass is 10.2. The lowest BCUT2D eigenvalue weighted by Crippen LogP contribution is -2.18. The average Bonchev–Trinajstić information content (AvgIpc) is 2.79. The van der Waals surface area contributed by atoms with Crippen LogP contribution in [-0.2, 0) is 20.0 Å². The summed E-state index contributed by atoms with van der Waals surface area (Å²) in [6, 6.07) is 3.44. The summed E-state index contributed by atoms with van der Waals surface area (Å²) >= 11 is 18.2. The van der Waals surface area contributed by atoms with Crippen LogP contribution in [0.1, 0.15) is 11.4 Å². The molecule has 4 nitrogen and oxygen atoms in total. The number of hydrogen-bond donors (Lipinski definition) is 1. The van der Waals surface area contributed by atoms with Crippen LogP contribution in [0.3, 0.4) is 0 Å². The number of halogens is 3. The molecule has 102 valence electrons. The highest BCUT2D eigenvalue weighted by Crippen LogP contribution is 2.31. The summed E-state index contributed by atoms with van der Waals surface area (Å²) in [5.41, 5.74) is 0.814. The van der Waals surface area contributed by atoms with Crippen LogP contribution in [-0.4, -0.2) is 21.3 Å². The zero-order chi connectivity index (χ0) is 13.8. The maximum atomic E-state index is 6.12. The van der Waals surface area contributed by atoms with E-state index >= 15 is 0 Å². The predicted molar refractivity (Wildman–Crippen MR) is 77.9 cm³/mol. The van der Waals surface area contributed by atoms with Gasteiger partial charge in [0, 0.05) is 37.1 Å². The van der Waals surface area contributed by atoms with Crippen molar-refractivity contribution in [3.05, 3.63) is 44.9 Å². The largest absolute Gasteiger partial charge is 0.321 e. The van der Waals surface area contributed by atoms with E-state index in [1.807, 2.05) is 11.6 Å². The van der Waals surface area contributed by atoms with Crippen LogP contribution in [0.4, 0.5) is 0 Å². The molecule has 0 aliphatic rings. The molecule has 0 radical (unpaired) electrons. The minimum absolute atomic E-state index is 0.500. The molecule has 0 unspecified atom stereocenters. The molecule has 0 spiro atoms. The minimum atomic E-state index is 0.500. The highest BCUT2D eigenvalue weighted by molar-refractivity contribution is 6.44. The SMILES string of the molecule is Cn1cnnc1CCNCc1c(Cl)ccc(Cl)c1Cl. The molecule has 0 aliphatic heterocycles. The number of rotatable bonds is 5. The topological polar surface area (TPSA) is 42.7 Å². The molecule has 0 amide bonds. The fourth-order valence-corrected chi connectivity index (χ4v) is 2.36. The van der Waals surface area contributed by atoms with Gasteiger partial charge in [-0.05, 0) is 12.1 Å². The summed E-state index contributed by atoms with van der Waals surface area (Å²) < 4.78 is 1.89. The van der Waals surface area contributed by atoms with E-state index in [2.05, 4.69) is 15.5 Å². The van der Waals surface area contributed by atoms with Crippen LogP contribution in [0.15, 0.2) is 18.5 Å². The van der Waals surface area contributed by atoms with Crippen molar-refractivity contribution < 1.29 is 0 Å². The van der Waals surface area contributed by atoms with Crippen LogP contribution < -0.4 is 5.32 Å². The van der Waals surface area contributed by atoms with Gasteiger partial charge >= 0.3 is 0 Å². The third-order valence-corrected chi connectivity index (χ3v) is 3.97. The summed E-state index contributed by atoms with van der Waals surface area (Å²) in [5.74, 6) is 0.927. The van der Waals surface area contributed by atoms with E-state index in [1.54, 1.807) is 18.5 Å². The minimum Gasteiger partial charge on any atom is -0.321 e. The number of aromatic nitrogens is 3. The van der Waals surface area contributed by atoms with Crippen molar-refractivity contribution in [2.24, 2.45) is 7.05 Å². The molecule has 19 heavy (non-hydrogen) atoms. The van der Waals surface area contributed by atoms with Crippen molar-refractivity contribution in [1.29, 1.82) is 0 Å². The van der Waals surface area contributed by atoms with E-state index in [-0.39, 0.29) is 0 Å². The molecule has 2 aromatic rings. The Bertz CT molecular complexity index is 568. The molecule has 1 heterocycles. The van der Waals surface area contributed by atoms with Gasteiger partial charge in [0.05, 0.1) is 10.0 Å². The number of nitrogens with one attached hydrogen (secondary N) is 1. The fourth-order valence-electron chi connectivity index (χ4n) is 1.68. The molecular formula is C12H13Cl3N4. The van der Waals surface area contributed by atoms with Crippen molar-refractivity contribution in [2.45, 2.75) is 13.0 Å². The average molecular weight is 320 g/mol. The molecular weight excluding hydrogens is 307 g/mol. The van der Waals surface area contributed by atoms with Crippen molar-refractivity contribution in [3.63, 3.8) is 0 Å². The summed E-state index contributed by atoms with van der Waals surface area (Å²) in [5, 5.41) is 12.7. The van der Waals surface area contributed by atoms with Crippen LogP contribution >= 0.6 is 34.8 Å². The Labute approximate surface area is 126 Å². The molecule has 0 bridgehead atoms. The number of nitrogens with zero attached hydrogens (tertiary/aromatic N) is 3. The molecule has 7 heteroatoms. The van der Waals surface area contributed by atoms with Gasteiger partial charge in [-0.15, -0.1) is 10.2 Å². The first-order valence-corrected chi connectivity index (χ1v) is 6.89. The van der Waals surface area contributed by atoms with Gasteiger partial charge in [0.15, 0.2) is 0 Å². The first-order chi connectivity index (χ1) is 9.09. The molecule has 0 aliphatic carbocycles. The molecule has 1 N–H and O–H groups in total. The zero-order valence-electron chi connectivity index (χ0n) is 10.3. The molecule has 2 rings (SSSR count). The summed E-state index contributed by atoms with van der Waals surface area (Å²) in [4.78, 5) is 0. The summed E-state index contributed by atoms with van der Waals surface area (Å²) in [6.45, 7) is 1.32. The molecule has 0 atom stereocenters. The Morgan fingerprint density at radius 3 is 2.63 bits per heavy atom. The van der Waals surface area contributed by atoms with Crippen molar-refractivity contribution in [3.8, 4) is 0 Å². The highest BCUT2D eigenvalue weighted by Gasteiger charge is 2.09. The Morgan fingerprint density at radius 2 is 1.95 bits per heavy atom. The lowest BCUT2D eigenvalue weighted by Gasteiger charge is -2.09. The van der Waals surface area contributed by atoms with Gasteiger partial charge in [-0.3, -0.25) is 0 Å². The van der Waals surface area contributed by atoms with Gasteiger partial charge in [0.1, 0.15) is 12.2 Å². The fraction of sp³-hybridized carbons (Fsp3) is 0.333. The molecule has 1 aromatic heterocycles. The van der Waals surface area contributed by atoms with Crippen LogP contribution in [0.25, 0.3) is 0 Å². The van der Waals surface area contributed by atoms with Gasteiger partial charge in [-0.1, -0.05) is 34.8 Å². The lowest BCUT2D eigenvalue weighted by molar-refractivity contribution is 0.654. The van der Waals surface area contributed by atoms with Crippen molar-refractivity contribution in [1.82, 2.24) is 20.1 Å². The zero-order valence-corrected chi connectivity index (χ0v) is 12.6. The van der Waals surface area contributed by atoms with Gasteiger partial charge in [0.25, 0.3) is 0 Å². The normalized spacial score (nSPS) is 10.9. The van der Waals surface area contributed by atoms with E-state index in [0.717, 1.165) is 24.4 Å². The molecule has 0 saturated heterocycles. The molecule has 0 fully saturated rings. The van der Waals surface area contributed by atoms with Gasteiger partial charge in [-0.2, -0.15) is 0 Å². The first kappa shape index (κ1) is 14.6. The second kappa shape index (κ2) is 6.57. The van der Waals surface area contributed by atoms with Crippen LogP contribution in [0.5, 0.6) is 0 Å². The quantitative estimate of drug-likeness (QED) is 0.680. The standard InChI is InChI=1S/C12H13Cl3N4/c1-19-7-17-18-11(19)4-5-16-6-8-9(13)2-3-10(14)12(8)15/h2-3,7,16H,4-6H2,1H3. The van der Waals surface area contributed by atoms with Crippen LogP contribution in [0, 0.1) is 0 Å². The second-order valence-corrected chi connectivity index (χ2v) is 5.30. The number of aryl methyl sites for hydroxylation is 1. The van der Waals surface area contributed by atoms with E-state index < -0.39 is 0 Å². The third kappa shape index (κ3) is 3.60. The van der Waals surface area contributed by atoms with E-state index in [1.165, 1.54) is 0 Å². The van der Waals surface area contributed by atoms with E-state index in [0.29, 0.717) is 21.6 Å². The molecule has 0 saturated carbocycles. The Balaban J connectivity index is 1.90. The monoisotopic (exact) mass is 318 g/mol. The van der Waals surface area contributed by atoms with Crippen molar-refractivity contribution >= 4 is 34.8 Å². The summed E-state index contributed by atoms with van der Waals surface area (Å²) in [7, 11) is 1.92. The Kier molecular flexibility index (Phi) is 5.05. The Morgan fingerprint density at radius 1 is 1.21 bits per heavy atom. The maximum Gasteiger partial charge on any atom is 0.133 e. The Hall–Kier alpha value is -0.810. The van der Waals surface area contributed by atoms with E-state index in [4.69, 9.17) is 34.8 Å². The van der Waals surface area contributed by atoms with E-state index in [9.17, 15) is 0 Å². The second-order valence-electron chi connectivity index (χ2n) is 4.11.